The second-order valence-electron chi connectivity index (χ2n) is 1.32. The van der Waals surface area contributed by atoms with Crippen LogP contribution in [0.25, 0.3) is 0 Å². The maximum atomic E-state index is 9.98. The molecular weight excluding hydrogens is 146 g/mol. The van der Waals surface area contributed by atoms with Crippen molar-refractivity contribution < 1.29 is 4.79 Å². The van der Waals surface area contributed by atoms with E-state index in [0.717, 1.165) is 6.29 Å². The summed E-state index contributed by atoms with van der Waals surface area (Å²) in [7, 11) is 0. The molecule has 0 radical (unpaired) electrons. The number of hydrogen-bond acceptors (Lipinski definition) is 3. The lowest BCUT2D eigenvalue weighted by Crippen LogP contribution is -1.93. The molecule has 4 heteroatoms. The summed E-state index contributed by atoms with van der Waals surface area (Å²) in [4.78, 5) is 10.7. The highest BCUT2D eigenvalue weighted by Crippen LogP contribution is 2.24. The van der Waals surface area contributed by atoms with Gasteiger partial charge in [-0.25, -0.2) is 0 Å². The van der Waals surface area contributed by atoms with Gasteiger partial charge in [-0.05, 0) is 0 Å². The maximum Gasteiger partial charge on any atom is 0.157 e. The number of aldehydes is 1. The number of carbonyl (C=O) groups is 1. The Bertz CT molecular complexity index is 136. The third-order valence-corrected chi connectivity index (χ3v) is 2.04. The summed E-state index contributed by atoms with van der Waals surface area (Å²) in [6.45, 7) is 0. The number of hydrogen-bond donors (Lipinski definition) is 0. The lowest BCUT2D eigenvalue weighted by atomic mass is 10.7. The molecule has 0 aromatic heterocycles. The van der Waals surface area contributed by atoms with Crippen molar-refractivity contribution in [2.45, 2.75) is 0 Å². The van der Waals surface area contributed by atoms with E-state index in [4.69, 9.17) is 11.8 Å². The van der Waals surface area contributed by atoms with Gasteiger partial charge in [0.25, 0.3) is 0 Å². The number of allylic oxidation sites excluding steroid dienone is 1. The fraction of sp³-hybridized carbons (Fsp3) is 0.250. The highest BCUT2D eigenvalue weighted by Gasteiger charge is 2.08. The van der Waals surface area contributed by atoms with Gasteiger partial charge in [0.05, 0.1) is 10.8 Å². The highest BCUT2D eigenvalue weighted by molar-refractivity contribution is 8.04. The van der Waals surface area contributed by atoms with Crippen molar-refractivity contribution in [3.63, 3.8) is 0 Å². The topological polar surface area (TPSA) is 20.3 Å². The van der Waals surface area contributed by atoms with Crippen LogP contribution in [0.2, 0.25) is 0 Å². The van der Waals surface area contributed by atoms with Crippen molar-refractivity contribution in [2.75, 3.05) is 5.88 Å². The number of thioether (sulfide) groups is 1. The van der Waals surface area contributed by atoms with Crippen molar-refractivity contribution in [1.29, 1.82) is 0 Å². The van der Waals surface area contributed by atoms with E-state index in [9.17, 15) is 4.79 Å². The molecule has 0 fully saturated rings. The smallest absolute Gasteiger partial charge is 0.157 e. The van der Waals surface area contributed by atoms with Crippen LogP contribution in [0.1, 0.15) is 0 Å². The Morgan fingerprint density at radius 2 is 2.75 bits per heavy atom. The van der Waals surface area contributed by atoms with Crippen LogP contribution in [0.5, 0.6) is 0 Å². The fourth-order valence-corrected chi connectivity index (χ4v) is 1.34. The van der Waals surface area contributed by atoms with Gasteiger partial charge in [0, 0.05) is 18.0 Å². The predicted molar refractivity (Wildman–Crippen MR) is 34.3 cm³/mol. The SMILES string of the molecule is O=CC1=CN(Cl)CS1. The molecule has 0 aromatic carbocycles. The average molecular weight is 150 g/mol. The molecule has 0 bridgehead atoms. The van der Waals surface area contributed by atoms with Gasteiger partial charge in [0.15, 0.2) is 6.29 Å². The first-order valence-electron chi connectivity index (χ1n) is 2.05. The summed E-state index contributed by atoms with van der Waals surface area (Å²) in [5.41, 5.74) is 0. The maximum absolute atomic E-state index is 9.98. The molecule has 0 unspecified atom stereocenters. The molecule has 1 aliphatic heterocycles. The van der Waals surface area contributed by atoms with E-state index in [0.29, 0.717) is 10.8 Å². The van der Waals surface area contributed by atoms with Crippen LogP contribution in [0.3, 0.4) is 0 Å². The molecule has 44 valence electrons. The van der Waals surface area contributed by atoms with E-state index in [1.54, 1.807) is 6.20 Å². The van der Waals surface area contributed by atoms with Crippen LogP contribution in [-0.2, 0) is 4.79 Å². The van der Waals surface area contributed by atoms with E-state index in [2.05, 4.69) is 0 Å². The molecule has 1 heterocycles. The van der Waals surface area contributed by atoms with Crippen molar-refractivity contribution in [1.82, 2.24) is 4.42 Å². The summed E-state index contributed by atoms with van der Waals surface area (Å²) in [5.74, 6) is 0.676. The molecular formula is C4H4ClNOS. The first kappa shape index (κ1) is 5.98. The van der Waals surface area contributed by atoms with E-state index >= 15 is 0 Å². The second-order valence-corrected chi connectivity index (χ2v) is 2.77. The third kappa shape index (κ3) is 1.17. The first-order valence-corrected chi connectivity index (χ1v) is 3.37. The fourth-order valence-electron chi connectivity index (χ4n) is 0.413. The molecule has 0 saturated heterocycles. The zero-order valence-corrected chi connectivity index (χ0v) is 5.58. The number of rotatable bonds is 1. The van der Waals surface area contributed by atoms with E-state index < -0.39 is 0 Å². The average Bonchev–Trinajstić information content (AvgIpc) is 2.14. The monoisotopic (exact) mass is 149 g/mol. The van der Waals surface area contributed by atoms with Gasteiger partial charge >= 0.3 is 0 Å². The zero-order valence-electron chi connectivity index (χ0n) is 4.00. The Morgan fingerprint density at radius 3 is 3.00 bits per heavy atom. The van der Waals surface area contributed by atoms with Gasteiger partial charge in [-0.2, -0.15) is 0 Å². The predicted octanol–water partition coefficient (Wildman–Crippen LogP) is 1.19. The number of carbonyl (C=O) groups excluding carboxylic acids is 1. The van der Waals surface area contributed by atoms with Crippen LogP contribution in [0, 0.1) is 0 Å². The highest BCUT2D eigenvalue weighted by atomic mass is 35.5. The van der Waals surface area contributed by atoms with Crippen molar-refractivity contribution >= 4 is 29.8 Å². The van der Waals surface area contributed by atoms with Crippen LogP contribution in [0.15, 0.2) is 11.1 Å². The largest absolute Gasteiger partial charge is 0.297 e. The van der Waals surface area contributed by atoms with E-state index in [-0.39, 0.29) is 0 Å². The van der Waals surface area contributed by atoms with Crippen LogP contribution in [0.4, 0.5) is 0 Å². The first-order chi connectivity index (χ1) is 3.83. The second kappa shape index (κ2) is 2.42. The van der Waals surface area contributed by atoms with Crippen LogP contribution < -0.4 is 0 Å². The lowest BCUT2D eigenvalue weighted by molar-refractivity contribution is -0.104. The molecule has 0 spiro atoms. The van der Waals surface area contributed by atoms with Crippen LogP contribution in [-0.4, -0.2) is 16.6 Å². The van der Waals surface area contributed by atoms with Crippen molar-refractivity contribution in [3.8, 4) is 0 Å². The number of nitrogens with zero attached hydrogens (tertiary/aromatic N) is 1. The Morgan fingerprint density at radius 1 is 2.00 bits per heavy atom. The Hall–Kier alpha value is -0.150. The van der Waals surface area contributed by atoms with Gasteiger partial charge < -0.3 is 0 Å². The summed E-state index contributed by atoms with van der Waals surface area (Å²) in [6.07, 6.45) is 2.41. The van der Waals surface area contributed by atoms with Crippen LogP contribution >= 0.6 is 23.5 Å². The number of halogens is 1. The van der Waals surface area contributed by atoms with Gasteiger partial charge in [0.2, 0.25) is 0 Å². The molecule has 0 N–H and O–H groups in total. The lowest BCUT2D eigenvalue weighted by Gasteiger charge is -1.96. The molecule has 1 rings (SSSR count). The molecule has 2 nitrogen and oxygen atoms in total. The minimum Gasteiger partial charge on any atom is -0.297 e. The third-order valence-electron chi connectivity index (χ3n) is 0.738. The summed E-state index contributed by atoms with van der Waals surface area (Å²) < 4.78 is 1.45. The molecule has 0 amide bonds. The van der Waals surface area contributed by atoms with E-state index in [1.165, 1.54) is 16.2 Å². The van der Waals surface area contributed by atoms with Crippen molar-refractivity contribution in [3.05, 3.63) is 11.1 Å². The van der Waals surface area contributed by atoms with Crippen molar-refractivity contribution in [2.24, 2.45) is 0 Å². The minimum absolute atomic E-state index is 0.676. The van der Waals surface area contributed by atoms with Gasteiger partial charge in [-0.1, -0.05) is 11.8 Å². The Labute approximate surface area is 56.6 Å². The Balaban J connectivity index is 2.56. The summed E-state index contributed by atoms with van der Waals surface area (Å²) in [6, 6.07) is 0. The molecule has 0 atom stereocenters. The van der Waals surface area contributed by atoms with Gasteiger partial charge in [0.1, 0.15) is 0 Å². The molecule has 0 saturated carbocycles. The van der Waals surface area contributed by atoms with E-state index in [1.807, 2.05) is 0 Å². The quantitative estimate of drug-likeness (QED) is 0.413. The molecule has 0 aromatic rings. The molecule has 1 aliphatic rings. The minimum atomic E-state index is 0.676. The normalized spacial score (nSPS) is 18.6. The molecule has 0 aliphatic carbocycles. The molecule has 8 heavy (non-hydrogen) atoms. The standard InChI is InChI=1S/C4H4ClNOS/c5-6-1-4(2-7)8-3-6/h1-2H,3H2. The Kier molecular flexibility index (Phi) is 1.81. The van der Waals surface area contributed by atoms with Gasteiger partial charge in [-0.15, -0.1) is 0 Å². The summed E-state index contributed by atoms with van der Waals surface area (Å²) in [5, 5.41) is 0. The zero-order chi connectivity index (χ0) is 5.98. The summed E-state index contributed by atoms with van der Waals surface area (Å²) >= 11 is 6.90. The van der Waals surface area contributed by atoms with Gasteiger partial charge in [-0.3, -0.25) is 9.21 Å².